The van der Waals surface area contributed by atoms with Crippen molar-refractivity contribution in [2.45, 2.75) is 97.1 Å². The fourth-order valence-electron chi connectivity index (χ4n) is 10.6. The predicted octanol–water partition coefficient (Wildman–Crippen LogP) is 6.42. The molecule has 4 aliphatic carbocycles. The van der Waals surface area contributed by atoms with Gasteiger partial charge in [0, 0.05) is 43.8 Å². The average Bonchev–Trinajstić information content (AvgIpc) is 3.57. The van der Waals surface area contributed by atoms with Crippen LogP contribution in [-0.4, -0.2) is 50.3 Å². The third-order valence-corrected chi connectivity index (χ3v) is 12.7. The smallest absolute Gasteiger partial charge is 0.302 e. The Hall–Kier alpha value is -2.54. The third-order valence-electron chi connectivity index (χ3n) is 12.7. The summed E-state index contributed by atoms with van der Waals surface area (Å²) in [5.41, 5.74) is 4.09. The third kappa shape index (κ3) is 4.23. The minimum atomic E-state index is -0.166. The average molecular weight is 578 g/mol. The first kappa shape index (κ1) is 28.2. The number of methoxy groups -OCH3 is 1. The Morgan fingerprint density at radius 2 is 1.93 bits per heavy atom. The predicted molar refractivity (Wildman–Crippen MR) is 159 cm³/mol. The number of fused-ring (bicyclic) bond motifs is 7. The number of hydrogen-bond acceptors (Lipinski definition) is 7. The molecule has 0 bridgehead atoms. The second-order valence-corrected chi connectivity index (χ2v) is 14.5. The zero-order valence-corrected chi connectivity index (χ0v) is 26.0. The van der Waals surface area contributed by atoms with Crippen molar-refractivity contribution in [1.82, 2.24) is 4.90 Å². The van der Waals surface area contributed by atoms with E-state index in [2.05, 4.69) is 37.9 Å². The topological polar surface area (TPSA) is 74.3 Å². The fraction of sp³-hybridized carbons (Fsp3) is 0.714. The van der Waals surface area contributed by atoms with Crippen molar-refractivity contribution in [2.75, 3.05) is 27.5 Å². The van der Waals surface area contributed by atoms with E-state index in [1.807, 2.05) is 0 Å². The molecule has 0 unspecified atom stereocenters. The summed E-state index contributed by atoms with van der Waals surface area (Å²) in [6.07, 6.45) is 12.5. The van der Waals surface area contributed by atoms with Gasteiger partial charge in [-0.15, -0.1) is 0 Å². The molecule has 0 N–H and O–H groups in total. The highest BCUT2D eigenvalue weighted by Gasteiger charge is 2.60. The minimum absolute atomic E-state index is 0.0174. The molecule has 8 atom stereocenters. The van der Waals surface area contributed by atoms with E-state index < -0.39 is 0 Å². The summed E-state index contributed by atoms with van der Waals surface area (Å²) >= 11 is 0. The lowest BCUT2D eigenvalue weighted by atomic mass is 9.47. The van der Waals surface area contributed by atoms with Crippen molar-refractivity contribution in [3.05, 3.63) is 28.8 Å². The van der Waals surface area contributed by atoms with Crippen LogP contribution in [0.25, 0.3) is 0 Å². The lowest BCUT2D eigenvalue weighted by Crippen LogP contribution is -2.51. The van der Waals surface area contributed by atoms with Crippen LogP contribution in [0.5, 0.6) is 17.2 Å². The molecule has 2 heterocycles. The lowest BCUT2D eigenvalue weighted by Gasteiger charge is -2.58. The van der Waals surface area contributed by atoms with Crippen LogP contribution in [0.4, 0.5) is 0 Å². The number of ketones is 1. The van der Waals surface area contributed by atoms with Crippen molar-refractivity contribution in [2.24, 2.45) is 34.5 Å². The molecule has 7 heteroatoms. The van der Waals surface area contributed by atoms with E-state index in [4.69, 9.17) is 18.9 Å². The van der Waals surface area contributed by atoms with Crippen LogP contribution in [-0.2, 0) is 20.7 Å². The maximum atomic E-state index is 14.4. The number of likely N-dealkylation sites (N-methyl/N-ethyl adjacent to an activating group) is 1. The molecular formula is C35H47NO6. The van der Waals surface area contributed by atoms with E-state index in [0.29, 0.717) is 35.7 Å². The SMILES string of the molecule is COc1c2c(cc3c1[C@H](CC(=O)[C@H]1CC[C@@H]4[C@@H]5CC=C6C[C@@H](OC(C)=O)CC[C@@]6(C)[C@@H]5CC[C@@]14C)N(C)CC3)OCO2. The molecule has 0 aromatic heterocycles. The molecule has 1 aromatic rings. The standard InChI is InChI=1S/C35H47NO6/c1-20(37)42-23-10-13-34(2)22(17-23)6-7-24-25-8-9-27(35(25,3)14-11-26(24)34)29(38)18-28-31-21(12-15-36(28)4)16-30-32(33(31)39-5)41-19-40-30/h6,16,23-28H,7-15,17-19H2,1-5H3/t23-,24-,25+,26+,27+,28-,34+,35+/m0/s1. The van der Waals surface area contributed by atoms with Gasteiger partial charge in [-0.2, -0.15) is 0 Å². The molecule has 0 spiro atoms. The van der Waals surface area contributed by atoms with Crippen molar-refractivity contribution in [1.29, 1.82) is 0 Å². The van der Waals surface area contributed by atoms with Gasteiger partial charge in [0.05, 0.1) is 7.11 Å². The number of esters is 1. The molecule has 6 aliphatic rings. The number of ether oxygens (including phenoxy) is 4. The summed E-state index contributed by atoms with van der Waals surface area (Å²) in [7, 11) is 3.83. The number of carbonyl (C=O) groups excluding carboxylic acids is 2. The highest BCUT2D eigenvalue weighted by Crippen LogP contribution is 2.66. The van der Waals surface area contributed by atoms with Crippen LogP contribution < -0.4 is 14.2 Å². The number of nitrogens with zero attached hydrogens (tertiary/aromatic N) is 1. The van der Waals surface area contributed by atoms with Gasteiger partial charge >= 0.3 is 5.97 Å². The molecule has 42 heavy (non-hydrogen) atoms. The number of allylic oxidation sites excluding steroid dienone is 1. The Labute approximate surface area is 250 Å². The summed E-state index contributed by atoms with van der Waals surface area (Å²) in [6, 6.07) is 2.08. The monoisotopic (exact) mass is 577 g/mol. The molecule has 7 rings (SSSR count). The number of rotatable bonds is 5. The van der Waals surface area contributed by atoms with Gasteiger partial charge in [0.15, 0.2) is 11.5 Å². The van der Waals surface area contributed by atoms with Gasteiger partial charge in [0.2, 0.25) is 12.5 Å². The second-order valence-electron chi connectivity index (χ2n) is 14.5. The van der Waals surface area contributed by atoms with Crippen molar-refractivity contribution in [3.63, 3.8) is 0 Å². The minimum Gasteiger partial charge on any atom is -0.492 e. The van der Waals surface area contributed by atoms with Gasteiger partial charge in [0.1, 0.15) is 11.9 Å². The van der Waals surface area contributed by atoms with Crippen LogP contribution >= 0.6 is 0 Å². The van der Waals surface area contributed by atoms with Crippen LogP contribution in [0, 0.1) is 34.5 Å². The zero-order valence-electron chi connectivity index (χ0n) is 26.0. The Kier molecular flexibility index (Phi) is 6.91. The fourth-order valence-corrected chi connectivity index (χ4v) is 10.6. The van der Waals surface area contributed by atoms with Crippen LogP contribution in [0.3, 0.4) is 0 Å². The first-order valence-electron chi connectivity index (χ1n) is 16.2. The zero-order chi connectivity index (χ0) is 29.4. The van der Waals surface area contributed by atoms with E-state index in [9.17, 15) is 9.59 Å². The van der Waals surface area contributed by atoms with E-state index in [-0.39, 0.29) is 41.7 Å². The van der Waals surface area contributed by atoms with E-state index in [1.165, 1.54) is 24.5 Å². The summed E-state index contributed by atoms with van der Waals surface area (Å²) in [5, 5.41) is 0. The summed E-state index contributed by atoms with van der Waals surface area (Å²) in [4.78, 5) is 28.3. The van der Waals surface area contributed by atoms with Gasteiger partial charge in [-0.05, 0) is 98.6 Å². The number of carbonyl (C=O) groups is 2. The maximum Gasteiger partial charge on any atom is 0.302 e. The van der Waals surface area contributed by atoms with Gasteiger partial charge in [-0.3, -0.25) is 14.5 Å². The second kappa shape index (κ2) is 10.3. The Morgan fingerprint density at radius 1 is 1.10 bits per heavy atom. The number of benzene rings is 1. The molecule has 2 aliphatic heterocycles. The van der Waals surface area contributed by atoms with E-state index in [0.717, 1.165) is 75.0 Å². The Morgan fingerprint density at radius 3 is 2.71 bits per heavy atom. The highest BCUT2D eigenvalue weighted by atomic mass is 16.7. The molecule has 0 amide bonds. The molecular weight excluding hydrogens is 530 g/mol. The Balaban J connectivity index is 1.11. The van der Waals surface area contributed by atoms with Gasteiger partial charge in [-0.1, -0.05) is 25.5 Å². The molecule has 0 saturated heterocycles. The van der Waals surface area contributed by atoms with Crippen molar-refractivity contribution >= 4 is 11.8 Å². The molecule has 7 nitrogen and oxygen atoms in total. The lowest BCUT2D eigenvalue weighted by molar-refractivity contribution is -0.149. The first-order chi connectivity index (χ1) is 20.1. The summed E-state index contributed by atoms with van der Waals surface area (Å²) in [5.74, 6) is 4.42. The number of hydrogen-bond donors (Lipinski definition) is 0. The molecule has 3 fully saturated rings. The maximum absolute atomic E-state index is 14.4. The van der Waals surface area contributed by atoms with Crippen molar-refractivity contribution < 1.29 is 28.5 Å². The van der Waals surface area contributed by atoms with Crippen LogP contribution in [0.2, 0.25) is 0 Å². The van der Waals surface area contributed by atoms with Crippen LogP contribution in [0.1, 0.15) is 95.7 Å². The van der Waals surface area contributed by atoms with E-state index in [1.54, 1.807) is 7.11 Å². The van der Waals surface area contributed by atoms with E-state index >= 15 is 0 Å². The van der Waals surface area contributed by atoms with Crippen molar-refractivity contribution in [3.8, 4) is 17.2 Å². The molecule has 0 radical (unpaired) electrons. The highest BCUT2D eigenvalue weighted by molar-refractivity contribution is 5.83. The van der Waals surface area contributed by atoms with Crippen LogP contribution in [0.15, 0.2) is 17.7 Å². The normalized spacial score (nSPS) is 38.5. The van der Waals surface area contributed by atoms with Gasteiger partial charge in [0.25, 0.3) is 0 Å². The molecule has 3 saturated carbocycles. The Bertz CT molecular complexity index is 1320. The molecule has 1 aromatic carbocycles. The number of Topliss-reactive ketones (excluding diaryl/α,β-unsaturated/α-hetero) is 1. The largest absolute Gasteiger partial charge is 0.492 e. The van der Waals surface area contributed by atoms with Gasteiger partial charge < -0.3 is 18.9 Å². The summed E-state index contributed by atoms with van der Waals surface area (Å²) < 4.78 is 23.0. The molecule has 228 valence electrons. The quantitative estimate of drug-likeness (QED) is 0.295. The summed E-state index contributed by atoms with van der Waals surface area (Å²) in [6.45, 7) is 7.57. The van der Waals surface area contributed by atoms with Gasteiger partial charge in [-0.25, -0.2) is 0 Å². The first-order valence-corrected chi connectivity index (χ1v) is 16.2.